The van der Waals surface area contributed by atoms with E-state index >= 15 is 0 Å². The maximum Gasteiger partial charge on any atom is 0.136 e. The Bertz CT molecular complexity index is 2770. The first kappa shape index (κ1) is 27.6. The largest absolute Gasteiger partial charge is 0.456 e. The van der Waals surface area contributed by atoms with Crippen molar-refractivity contribution >= 4 is 54.3 Å². The summed E-state index contributed by atoms with van der Waals surface area (Å²) < 4.78 is 6.50. The van der Waals surface area contributed by atoms with Gasteiger partial charge in [-0.2, -0.15) is 0 Å². The number of nitrogens with zero attached hydrogens (tertiary/aromatic N) is 1. The summed E-state index contributed by atoms with van der Waals surface area (Å²) in [5, 5.41) is 9.89. The van der Waals surface area contributed by atoms with Gasteiger partial charge >= 0.3 is 0 Å². The second-order valence-electron chi connectivity index (χ2n) is 12.7. The Labute approximate surface area is 283 Å². The highest BCUT2D eigenvalue weighted by Crippen LogP contribution is 2.42. The van der Waals surface area contributed by atoms with Gasteiger partial charge in [-0.25, -0.2) is 4.98 Å². The number of hydrogen-bond donors (Lipinski definition) is 0. The summed E-state index contributed by atoms with van der Waals surface area (Å²) in [5.74, 6) is 0. The predicted molar refractivity (Wildman–Crippen MR) is 206 cm³/mol. The molecule has 228 valence electrons. The van der Waals surface area contributed by atoms with Crippen molar-refractivity contribution in [1.82, 2.24) is 4.98 Å². The summed E-state index contributed by atoms with van der Waals surface area (Å²) in [6, 6.07) is 62.6. The molecular formula is C47H29NO. The average Bonchev–Trinajstić information content (AvgIpc) is 3.57. The van der Waals surface area contributed by atoms with Gasteiger partial charge in [-0.3, -0.25) is 0 Å². The van der Waals surface area contributed by atoms with Crippen molar-refractivity contribution in [2.75, 3.05) is 0 Å². The third-order valence-corrected chi connectivity index (χ3v) is 9.85. The highest BCUT2D eigenvalue weighted by atomic mass is 16.3. The molecule has 0 N–H and O–H groups in total. The molecule has 2 heterocycles. The first-order chi connectivity index (χ1) is 24.3. The normalized spacial score (nSPS) is 11.7. The lowest BCUT2D eigenvalue weighted by molar-refractivity contribution is 0.669. The lowest BCUT2D eigenvalue weighted by atomic mass is 9.91. The molecule has 0 atom stereocenters. The minimum Gasteiger partial charge on any atom is -0.456 e. The van der Waals surface area contributed by atoms with Crippen molar-refractivity contribution in [3.8, 4) is 44.8 Å². The van der Waals surface area contributed by atoms with Crippen LogP contribution in [0.4, 0.5) is 0 Å². The van der Waals surface area contributed by atoms with Gasteiger partial charge in [0.2, 0.25) is 0 Å². The van der Waals surface area contributed by atoms with E-state index in [-0.39, 0.29) is 0 Å². The lowest BCUT2D eigenvalue weighted by Crippen LogP contribution is -1.91. The molecule has 0 aliphatic rings. The van der Waals surface area contributed by atoms with Crippen molar-refractivity contribution in [2.24, 2.45) is 0 Å². The lowest BCUT2D eigenvalue weighted by Gasteiger charge is -2.12. The van der Waals surface area contributed by atoms with Gasteiger partial charge in [-0.15, -0.1) is 0 Å². The first-order valence-electron chi connectivity index (χ1n) is 16.7. The predicted octanol–water partition coefficient (Wildman–Crippen LogP) is 13.1. The smallest absolute Gasteiger partial charge is 0.136 e. The third-order valence-electron chi connectivity index (χ3n) is 9.85. The summed E-state index contributed by atoms with van der Waals surface area (Å²) in [6.45, 7) is 0. The van der Waals surface area contributed by atoms with Crippen LogP contribution in [0, 0.1) is 0 Å². The maximum atomic E-state index is 6.50. The van der Waals surface area contributed by atoms with Gasteiger partial charge in [0, 0.05) is 21.9 Å². The zero-order valence-corrected chi connectivity index (χ0v) is 26.6. The van der Waals surface area contributed by atoms with Gasteiger partial charge in [0.1, 0.15) is 11.2 Å². The molecule has 0 bridgehead atoms. The molecule has 0 fully saturated rings. The van der Waals surface area contributed by atoms with Crippen LogP contribution in [0.3, 0.4) is 0 Å². The van der Waals surface area contributed by atoms with E-state index in [9.17, 15) is 0 Å². The molecule has 10 rings (SSSR count). The number of hydrogen-bond acceptors (Lipinski definition) is 2. The summed E-state index contributed by atoms with van der Waals surface area (Å²) in [5.41, 5.74) is 10.4. The Hall–Kier alpha value is -6.51. The Balaban J connectivity index is 1.19. The molecule has 0 aliphatic heterocycles. The van der Waals surface area contributed by atoms with Crippen molar-refractivity contribution in [3.63, 3.8) is 0 Å². The van der Waals surface area contributed by atoms with Crippen LogP contribution in [0.2, 0.25) is 0 Å². The van der Waals surface area contributed by atoms with Gasteiger partial charge in [-0.1, -0.05) is 140 Å². The molecule has 0 saturated carbocycles. The molecule has 0 radical (unpaired) electrons. The van der Waals surface area contributed by atoms with Crippen molar-refractivity contribution in [3.05, 3.63) is 176 Å². The molecule has 0 unspecified atom stereocenters. The second kappa shape index (κ2) is 11.0. The van der Waals surface area contributed by atoms with Gasteiger partial charge in [-0.05, 0) is 91.0 Å². The first-order valence-corrected chi connectivity index (χ1v) is 16.7. The van der Waals surface area contributed by atoms with Crippen LogP contribution in [0.1, 0.15) is 0 Å². The Morgan fingerprint density at radius 2 is 0.816 bits per heavy atom. The molecule has 10 aromatic rings. The Morgan fingerprint density at radius 1 is 0.306 bits per heavy atom. The molecule has 0 amide bonds. The van der Waals surface area contributed by atoms with E-state index in [4.69, 9.17) is 9.40 Å². The quantitative estimate of drug-likeness (QED) is 0.182. The molecule has 2 nitrogen and oxygen atoms in total. The van der Waals surface area contributed by atoms with Gasteiger partial charge in [0.25, 0.3) is 0 Å². The Morgan fingerprint density at radius 3 is 1.43 bits per heavy atom. The molecule has 0 aliphatic carbocycles. The van der Waals surface area contributed by atoms with Crippen molar-refractivity contribution < 1.29 is 4.42 Å². The summed E-state index contributed by atoms with van der Waals surface area (Å²) in [6.07, 6.45) is 0. The van der Waals surface area contributed by atoms with Crippen LogP contribution in [0.5, 0.6) is 0 Å². The molecule has 49 heavy (non-hydrogen) atoms. The molecular weight excluding hydrogens is 595 g/mol. The molecule has 8 aromatic carbocycles. The highest BCUT2D eigenvalue weighted by Gasteiger charge is 2.17. The molecule has 0 saturated heterocycles. The average molecular weight is 624 g/mol. The number of aromatic nitrogens is 1. The van der Waals surface area contributed by atoms with Crippen LogP contribution in [-0.2, 0) is 0 Å². The van der Waals surface area contributed by atoms with Gasteiger partial charge in [0.05, 0.1) is 11.4 Å². The fourth-order valence-electron chi connectivity index (χ4n) is 7.53. The zero-order valence-electron chi connectivity index (χ0n) is 26.6. The van der Waals surface area contributed by atoms with Gasteiger partial charge < -0.3 is 4.42 Å². The standard InChI is InChI=1S/C47H29NO/c1-3-12-30(13-4-1)43-28-34(29-44(48-43)31-14-5-2-6-15-31)35-20-11-21-46-47(35)42-27-33(23-25-45(42)49-46)32-22-24-40-38-18-8-7-16-36(38)37-17-9-10-19-39(37)41(40)26-32/h1-29H. The summed E-state index contributed by atoms with van der Waals surface area (Å²) >= 11 is 0. The summed E-state index contributed by atoms with van der Waals surface area (Å²) in [4.78, 5) is 5.13. The second-order valence-corrected chi connectivity index (χ2v) is 12.7. The topological polar surface area (TPSA) is 26.0 Å². The van der Waals surface area contributed by atoms with Crippen LogP contribution < -0.4 is 0 Å². The van der Waals surface area contributed by atoms with E-state index in [1.54, 1.807) is 0 Å². The van der Waals surface area contributed by atoms with Crippen LogP contribution in [-0.4, -0.2) is 4.98 Å². The van der Waals surface area contributed by atoms with E-state index < -0.39 is 0 Å². The van der Waals surface area contributed by atoms with E-state index in [2.05, 4.69) is 164 Å². The number of pyridine rings is 1. The van der Waals surface area contributed by atoms with Gasteiger partial charge in [0.15, 0.2) is 0 Å². The van der Waals surface area contributed by atoms with E-state index in [1.165, 1.54) is 37.9 Å². The highest BCUT2D eigenvalue weighted by molar-refractivity contribution is 6.26. The number of benzene rings is 8. The minimum absolute atomic E-state index is 0.875. The number of furan rings is 1. The molecule has 2 aromatic heterocycles. The van der Waals surface area contributed by atoms with E-state index in [1.807, 2.05) is 12.1 Å². The monoisotopic (exact) mass is 623 g/mol. The third kappa shape index (κ3) is 4.53. The maximum absolute atomic E-state index is 6.50. The van der Waals surface area contributed by atoms with Crippen LogP contribution in [0.25, 0.3) is 99.0 Å². The van der Waals surface area contributed by atoms with Crippen LogP contribution in [0.15, 0.2) is 180 Å². The van der Waals surface area contributed by atoms with Crippen molar-refractivity contribution in [2.45, 2.75) is 0 Å². The van der Waals surface area contributed by atoms with E-state index in [0.29, 0.717) is 0 Å². The zero-order chi connectivity index (χ0) is 32.3. The fraction of sp³-hybridized carbons (Fsp3) is 0. The van der Waals surface area contributed by atoms with E-state index in [0.717, 1.165) is 61.1 Å². The summed E-state index contributed by atoms with van der Waals surface area (Å²) in [7, 11) is 0. The number of fused-ring (bicyclic) bond motifs is 9. The molecule has 2 heteroatoms. The Kier molecular flexibility index (Phi) is 6.22. The van der Waals surface area contributed by atoms with Crippen molar-refractivity contribution in [1.29, 1.82) is 0 Å². The minimum atomic E-state index is 0.875. The SMILES string of the molecule is c1ccc(-c2cc(-c3cccc4oc5ccc(-c6ccc7c8ccccc8c8ccccc8c7c6)cc5c34)cc(-c3ccccc3)n2)cc1. The van der Waals surface area contributed by atoms with Crippen LogP contribution >= 0.6 is 0 Å². The molecule has 0 spiro atoms. The number of rotatable bonds is 4. The fourth-order valence-corrected chi connectivity index (χ4v) is 7.53.